The van der Waals surface area contributed by atoms with Crippen LogP contribution in [0, 0.1) is 0 Å². The number of carbonyl (C=O) groups is 1. The van der Waals surface area contributed by atoms with Crippen molar-refractivity contribution in [2.75, 3.05) is 6.35 Å². The summed E-state index contributed by atoms with van der Waals surface area (Å²) < 4.78 is 51.1. The Morgan fingerprint density at radius 1 is 1.13 bits per heavy atom. The summed E-state index contributed by atoms with van der Waals surface area (Å²) in [6.07, 6.45) is -2.57. The maximum atomic E-state index is 12.3. The van der Waals surface area contributed by atoms with Crippen molar-refractivity contribution < 1.29 is 66.4 Å². The van der Waals surface area contributed by atoms with E-state index >= 15 is 0 Å². The van der Waals surface area contributed by atoms with E-state index in [1.807, 2.05) is 6.08 Å². The number of rotatable bonds is 8. The van der Waals surface area contributed by atoms with Gasteiger partial charge in [0.05, 0.1) is 6.04 Å². The van der Waals surface area contributed by atoms with E-state index < -0.39 is 60.3 Å². The molecule has 1 aliphatic carbocycles. The van der Waals surface area contributed by atoms with E-state index in [0.717, 1.165) is 4.90 Å². The number of amides is 2. The number of aliphatic hydroxyl groups excluding tert-OH is 2. The van der Waals surface area contributed by atoms with Crippen LogP contribution >= 0.6 is 23.2 Å². The highest BCUT2D eigenvalue weighted by molar-refractivity contribution is 7.68. The highest BCUT2D eigenvalue weighted by Gasteiger charge is 2.49. The van der Waals surface area contributed by atoms with Gasteiger partial charge in [0.15, 0.2) is 18.9 Å². The smallest absolute Gasteiger partial charge is 0.385 e. The van der Waals surface area contributed by atoms with Gasteiger partial charge in [-0.05, 0) is 12.0 Å². The third-order valence-corrected chi connectivity index (χ3v) is 8.21. The van der Waals surface area contributed by atoms with Crippen molar-refractivity contribution >= 4 is 29.3 Å². The molecule has 0 bridgehead atoms. The molecule has 2 heterocycles. The minimum Gasteiger partial charge on any atom is -0.385 e. The fourth-order valence-corrected chi connectivity index (χ4v) is 6.27. The van der Waals surface area contributed by atoms with E-state index in [4.69, 9.17) is 24.2 Å². The van der Waals surface area contributed by atoms with Crippen LogP contribution in [0.15, 0.2) is 23.9 Å². The topological polar surface area (TPSA) is 242 Å². The number of nitrogens with zero attached hydrogens (tertiary/aromatic N) is 1. The fourth-order valence-electron chi connectivity index (χ4n) is 3.00. The standard InChI is InChI=1S/C12H19N2O14P3/c15-8-9(16)11(25-5-29(18,19)27-31(23,24)28-30(20,21)22)26-10(8)14-4-6-2-1-3-7(6)13-12(14)17/h1-2,4,7-11,15-16H,3,5H2,(H,13,17)(H,18,19)(H,23,24)(H2,20,21,22). The highest BCUT2D eigenvalue weighted by Crippen LogP contribution is 2.66. The summed E-state index contributed by atoms with van der Waals surface area (Å²) >= 11 is 0. The van der Waals surface area contributed by atoms with Crippen LogP contribution in [0.2, 0.25) is 0 Å². The first-order valence-corrected chi connectivity index (χ1v) is 13.2. The fraction of sp³-hybridized carbons (Fsp3) is 0.583. The molecule has 2 aliphatic heterocycles. The Morgan fingerprint density at radius 2 is 1.81 bits per heavy atom. The van der Waals surface area contributed by atoms with E-state index in [1.165, 1.54) is 6.20 Å². The Hall–Kier alpha value is -0.960. The zero-order chi connectivity index (χ0) is 23.2. The van der Waals surface area contributed by atoms with Gasteiger partial charge in [-0.2, -0.15) is 4.31 Å². The summed E-state index contributed by atoms with van der Waals surface area (Å²) in [6.45, 7) is 0. The molecular weight excluding hydrogens is 489 g/mol. The van der Waals surface area contributed by atoms with Gasteiger partial charge < -0.3 is 44.6 Å². The van der Waals surface area contributed by atoms with Gasteiger partial charge in [0.25, 0.3) is 0 Å². The number of hydrogen-bond donors (Lipinski definition) is 7. The molecule has 0 aromatic rings. The number of nitrogens with one attached hydrogen (secondary N) is 1. The van der Waals surface area contributed by atoms with Gasteiger partial charge in [-0.25, -0.2) is 18.2 Å². The molecule has 7 N–H and O–H groups in total. The largest absolute Gasteiger partial charge is 0.488 e. The third kappa shape index (κ3) is 6.09. The molecule has 7 unspecified atom stereocenters. The normalized spacial score (nSPS) is 34.6. The molecule has 0 radical (unpaired) electrons. The molecule has 2 amide bonds. The summed E-state index contributed by atoms with van der Waals surface area (Å²) in [5.41, 5.74) is 0.714. The lowest BCUT2D eigenvalue weighted by molar-refractivity contribution is -0.170. The minimum absolute atomic E-state index is 0.235. The number of aliphatic hydroxyl groups is 2. The van der Waals surface area contributed by atoms with Crippen LogP contribution in [0.25, 0.3) is 0 Å². The predicted molar refractivity (Wildman–Crippen MR) is 96.5 cm³/mol. The molecule has 16 nitrogen and oxygen atoms in total. The molecule has 3 aliphatic rings. The molecule has 31 heavy (non-hydrogen) atoms. The van der Waals surface area contributed by atoms with E-state index in [1.54, 1.807) is 6.08 Å². The summed E-state index contributed by atoms with van der Waals surface area (Å²) in [5, 5.41) is 22.9. The molecule has 0 aromatic carbocycles. The van der Waals surface area contributed by atoms with Crippen molar-refractivity contribution in [2.24, 2.45) is 0 Å². The lowest BCUT2D eigenvalue weighted by Crippen LogP contribution is -2.53. The molecule has 3 rings (SSSR count). The summed E-state index contributed by atoms with van der Waals surface area (Å²) in [4.78, 5) is 48.9. The highest BCUT2D eigenvalue weighted by atomic mass is 31.3. The number of hydrogen-bond acceptors (Lipinski definition) is 10. The Morgan fingerprint density at radius 3 is 2.45 bits per heavy atom. The summed E-state index contributed by atoms with van der Waals surface area (Å²) in [5.74, 6) is 0. The molecule has 7 atom stereocenters. The van der Waals surface area contributed by atoms with Gasteiger partial charge >= 0.3 is 29.3 Å². The van der Waals surface area contributed by atoms with Gasteiger partial charge in [-0.3, -0.25) is 9.46 Å². The molecule has 176 valence electrons. The maximum absolute atomic E-state index is 12.3. The molecule has 0 saturated carbocycles. The van der Waals surface area contributed by atoms with E-state index in [2.05, 4.69) is 13.9 Å². The Kier molecular flexibility index (Phi) is 6.98. The summed E-state index contributed by atoms with van der Waals surface area (Å²) in [6, 6.07) is -0.873. The molecule has 0 aromatic heterocycles. The lowest BCUT2D eigenvalue weighted by atomic mass is 10.1. The minimum atomic E-state index is -5.66. The van der Waals surface area contributed by atoms with Crippen LogP contribution in [-0.2, 0) is 31.8 Å². The number of ether oxygens (including phenoxy) is 2. The van der Waals surface area contributed by atoms with E-state index in [0.29, 0.717) is 12.0 Å². The van der Waals surface area contributed by atoms with Gasteiger partial charge in [0, 0.05) is 6.20 Å². The average molecular weight is 508 g/mol. The van der Waals surface area contributed by atoms with Crippen LogP contribution < -0.4 is 5.32 Å². The van der Waals surface area contributed by atoms with E-state index in [-0.39, 0.29) is 6.04 Å². The zero-order valence-electron chi connectivity index (χ0n) is 15.3. The first-order chi connectivity index (χ1) is 14.2. The van der Waals surface area contributed by atoms with Crippen molar-refractivity contribution in [3.8, 4) is 0 Å². The number of phosphoric acid groups is 2. The van der Waals surface area contributed by atoms with Crippen molar-refractivity contribution in [3.63, 3.8) is 0 Å². The first-order valence-electron chi connectivity index (χ1n) is 8.41. The van der Waals surface area contributed by atoms with Crippen LogP contribution in [-0.4, -0.2) is 77.8 Å². The second kappa shape index (κ2) is 8.76. The molecule has 1 saturated heterocycles. The molecule has 0 spiro atoms. The van der Waals surface area contributed by atoms with Crippen molar-refractivity contribution in [2.45, 2.75) is 37.2 Å². The molecule has 1 fully saturated rings. The van der Waals surface area contributed by atoms with Gasteiger partial charge in [0.1, 0.15) is 12.2 Å². The lowest BCUT2D eigenvalue weighted by Gasteiger charge is -2.33. The number of carbonyl (C=O) groups excluding carboxylic acids is 1. The van der Waals surface area contributed by atoms with Crippen molar-refractivity contribution in [1.29, 1.82) is 0 Å². The second-order valence-electron chi connectivity index (χ2n) is 6.61. The van der Waals surface area contributed by atoms with Crippen LogP contribution in [0.1, 0.15) is 6.42 Å². The van der Waals surface area contributed by atoms with Crippen LogP contribution in [0.3, 0.4) is 0 Å². The number of urea groups is 1. The Balaban J connectivity index is 1.63. The third-order valence-electron chi connectivity index (χ3n) is 4.22. The zero-order valence-corrected chi connectivity index (χ0v) is 18.0. The van der Waals surface area contributed by atoms with Crippen LogP contribution in [0.4, 0.5) is 4.79 Å². The van der Waals surface area contributed by atoms with Gasteiger partial charge in [-0.15, -0.1) is 0 Å². The predicted octanol–water partition coefficient (Wildman–Crippen LogP) is -0.986. The maximum Gasteiger partial charge on any atom is 0.488 e. The quantitative estimate of drug-likeness (QED) is 0.195. The number of fused-ring (bicyclic) bond motifs is 1. The van der Waals surface area contributed by atoms with Gasteiger partial charge in [0.2, 0.25) is 0 Å². The Bertz CT molecular complexity index is 932. The first kappa shape index (κ1) is 24.7. The van der Waals surface area contributed by atoms with Crippen LogP contribution in [0.5, 0.6) is 0 Å². The van der Waals surface area contributed by atoms with E-state index in [9.17, 15) is 33.6 Å². The average Bonchev–Trinajstić information content (AvgIpc) is 3.14. The molecular formula is C12H19N2O14P3. The Labute approximate surface area is 174 Å². The van der Waals surface area contributed by atoms with Crippen molar-refractivity contribution in [3.05, 3.63) is 23.9 Å². The second-order valence-corrected chi connectivity index (χ2v) is 11.4. The SMILES string of the molecule is O=C1NC2CC=CC2=CN1C1OC(OCP(=O)(O)OP(=O)(O)OP(=O)(O)O)C(O)C1O. The van der Waals surface area contributed by atoms with Gasteiger partial charge in [-0.1, -0.05) is 12.2 Å². The summed E-state index contributed by atoms with van der Waals surface area (Å²) in [7, 11) is -16.4. The molecule has 19 heteroatoms. The monoisotopic (exact) mass is 508 g/mol. The van der Waals surface area contributed by atoms with Crippen molar-refractivity contribution in [1.82, 2.24) is 10.2 Å².